The predicted octanol–water partition coefficient (Wildman–Crippen LogP) is -0.256. The summed E-state index contributed by atoms with van der Waals surface area (Å²) in [6.07, 6.45) is 1.56. The first-order valence-corrected chi connectivity index (χ1v) is 6.66. The van der Waals surface area contributed by atoms with Gasteiger partial charge in [-0.25, -0.2) is 13.4 Å². The van der Waals surface area contributed by atoms with Crippen LogP contribution in [0.15, 0.2) is 11.2 Å². The molecule has 0 bridgehead atoms. The van der Waals surface area contributed by atoms with Gasteiger partial charge in [0.15, 0.2) is 5.03 Å². The van der Waals surface area contributed by atoms with Crippen LogP contribution in [0, 0.1) is 6.92 Å². The second-order valence-corrected chi connectivity index (χ2v) is 5.78. The predicted molar refractivity (Wildman–Crippen MR) is 66.8 cm³/mol. The fourth-order valence-electron chi connectivity index (χ4n) is 1.67. The van der Waals surface area contributed by atoms with Crippen LogP contribution in [0.2, 0.25) is 0 Å². The summed E-state index contributed by atoms with van der Waals surface area (Å²) in [5.41, 5.74) is 0. The fraction of sp³-hybridized carbons (Fsp3) is 0.667. The molecule has 1 aliphatic heterocycles. The van der Waals surface area contributed by atoms with Crippen molar-refractivity contribution < 1.29 is 8.42 Å². The number of hydrogen-bond acceptors (Lipinski definition) is 4. The van der Waals surface area contributed by atoms with E-state index in [-0.39, 0.29) is 17.4 Å². The van der Waals surface area contributed by atoms with Gasteiger partial charge in [-0.05, 0) is 6.92 Å². The van der Waals surface area contributed by atoms with Crippen molar-refractivity contribution >= 4 is 22.4 Å². The van der Waals surface area contributed by atoms with Crippen LogP contribution in [0.1, 0.15) is 5.82 Å². The molecule has 98 valence electrons. The Morgan fingerprint density at radius 3 is 2.41 bits per heavy atom. The van der Waals surface area contributed by atoms with E-state index in [0.29, 0.717) is 32.0 Å². The molecule has 1 aromatic rings. The zero-order chi connectivity index (χ0) is 11.8. The maximum Gasteiger partial charge on any atom is 0.262 e. The standard InChI is InChI=1S/C9H16N4O2S.ClH/c1-8-11-9(7-12(8)2)16(14,15)13-5-3-10-4-6-13;/h7,10H,3-6H2,1-2H3;1H. The maximum atomic E-state index is 12.2. The Morgan fingerprint density at radius 2 is 1.94 bits per heavy atom. The van der Waals surface area contributed by atoms with E-state index in [2.05, 4.69) is 10.3 Å². The summed E-state index contributed by atoms with van der Waals surface area (Å²) in [6.45, 7) is 4.21. The normalized spacial score (nSPS) is 17.8. The van der Waals surface area contributed by atoms with Gasteiger partial charge in [0.2, 0.25) is 0 Å². The van der Waals surface area contributed by atoms with Gasteiger partial charge in [0.1, 0.15) is 5.82 Å². The molecule has 17 heavy (non-hydrogen) atoms. The lowest BCUT2D eigenvalue weighted by molar-refractivity contribution is 0.359. The fourth-order valence-corrected chi connectivity index (χ4v) is 3.13. The van der Waals surface area contributed by atoms with Crippen molar-refractivity contribution in [2.24, 2.45) is 7.05 Å². The average molecular weight is 281 g/mol. The lowest BCUT2D eigenvalue weighted by atomic mass is 10.4. The Morgan fingerprint density at radius 1 is 1.35 bits per heavy atom. The molecule has 1 aromatic heterocycles. The summed E-state index contributed by atoms with van der Waals surface area (Å²) in [6, 6.07) is 0. The van der Waals surface area contributed by atoms with Gasteiger partial charge < -0.3 is 9.88 Å². The van der Waals surface area contributed by atoms with Crippen LogP contribution in [0.5, 0.6) is 0 Å². The van der Waals surface area contributed by atoms with Gasteiger partial charge in [-0.3, -0.25) is 0 Å². The van der Waals surface area contributed by atoms with E-state index in [0.717, 1.165) is 0 Å². The molecule has 0 unspecified atom stereocenters. The van der Waals surface area contributed by atoms with Crippen molar-refractivity contribution in [3.05, 3.63) is 12.0 Å². The SMILES string of the molecule is Cc1nc(S(=O)(=O)N2CCNCC2)cn1C.Cl. The summed E-state index contributed by atoms with van der Waals surface area (Å²) in [7, 11) is -1.61. The van der Waals surface area contributed by atoms with Crippen LogP contribution in [0.4, 0.5) is 0 Å². The molecule has 1 fully saturated rings. The number of piperazine rings is 1. The lowest BCUT2D eigenvalue weighted by Gasteiger charge is -2.25. The maximum absolute atomic E-state index is 12.2. The largest absolute Gasteiger partial charge is 0.337 e. The van der Waals surface area contributed by atoms with Crippen molar-refractivity contribution in [3.8, 4) is 0 Å². The second kappa shape index (κ2) is 5.34. The molecule has 1 saturated heterocycles. The van der Waals surface area contributed by atoms with E-state index in [4.69, 9.17) is 0 Å². The van der Waals surface area contributed by atoms with E-state index in [9.17, 15) is 8.42 Å². The molecule has 0 atom stereocenters. The van der Waals surface area contributed by atoms with Crippen molar-refractivity contribution in [2.45, 2.75) is 11.9 Å². The number of aryl methyl sites for hydroxylation is 2. The van der Waals surface area contributed by atoms with Gasteiger partial charge in [0.25, 0.3) is 10.0 Å². The van der Waals surface area contributed by atoms with Crippen molar-refractivity contribution in [3.63, 3.8) is 0 Å². The first kappa shape index (κ1) is 14.4. The summed E-state index contributed by atoms with van der Waals surface area (Å²) in [5, 5.41) is 3.27. The number of rotatable bonds is 2. The van der Waals surface area contributed by atoms with Gasteiger partial charge in [-0.1, -0.05) is 0 Å². The molecule has 1 N–H and O–H groups in total. The molecular formula is C9H17ClN4O2S. The van der Waals surface area contributed by atoms with Crippen LogP contribution in [-0.4, -0.2) is 48.5 Å². The molecule has 0 spiro atoms. The van der Waals surface area contributed by atoms with Crippen molar-refractivity contribution in [2.75, 3.05) is 26.2 Å². The van der Waals surface area contributed by atoms with Crippen LogP contribution >= 0.6 is 12.4 Å². The number of sulfonamides is 1. The highest BCUT2D eigenvalue weighted by molar-refractivity contribution is 7.89. The number of hydrogen-bond donors (Lipinski definition) is 1. The monoisotopic (exact) mass is 280 g/mol. The van der Waals surface area contributed by atoms with E-state index in [1.54, 1.807) is 24.7 Å². The summed E-state index contributed by atoms with van der Waals surface area (Å²) in [5.74, 6) is 0.703. The second-order valence-electron chi connectivity index (χ2n) is 3.89. The first-order chi connectivity index (χ1) is 7.51. The molecule has 8 heteroatoms. The smallest absolute Gasteiger partial charge is 0.262 e. The number of aromatic nitrogens is 2. The summed E-state index contributed by atoms with van der Waals surface area (Å²) in [4.78, 5) is 4.07. The topological polar surface area (TPSA) is 67.2 Å². The van der Waals surface area contributed by atoms with E-state index in [1.807, 2.05) is 0 Å². The minimum atomic E-state index is -3.40. The minimum Gasteiger partial charge on any atom is -0.337 e. The molecule has 0 saturated carbocycles. The van der Waals surface area contributed by atoms with Gasteiger partial charge in [-0.2, -0.15) is 4.31 Å². The number of nitrogens with one attached hydrogen (secondary N) is 1. The third-order valence-electron chi connectivity index (χ3n) is 2.77. The van der Waals surface area contributed by atoms with Crippen LogP contribution in [0.3, 0.4) is 0 Å². The van der Waals surface area contributed by atoms with Crippen molar-refractivity contribution in [1.29, 1.82) is 0 Å². The summed E-state index contributed by atoms with van der Waals surface area (Å²) >= 11 is 0. The van der Waals surface area contributed by atoms with Gasteiger partial charge in [0, 0.05) is 39.4 Å². The van der Waals surface area contributed by atoms with Gasteiger partial charge in [-0.15, -0.1) is 12.4 Å². The Bertz CT molecular complexity index is 460. The Balaban J connectivity index is 0.00000144. The molecule has 0 radical (unpaired) electrons. The summed E-state index contributed by atoms with van der Waals surface area (Å²) < 4.78 is 27.5. The molecule has 2 heterocycles. The Kier molecular flexibility index (Phi) is 4.54. The van der Waals surface area contributed by atoms with Crippen LogP contribution in [0.25, 0.3) is 0 Å². The van der Waals surface area contributed by atoms with Gasteiger partial charge in [0.05, 0.1) is 0 Å². The van der Waals surface area contributed by atoms with E-state index >= 15 is 0 Å². The molecule has 6 nitrogen and oxygen atoms in total. The highest BCUT2D eigenvalue weighted by Gasteiger charge is 2.28. The molecule has 1 aliphatic rings. The van der Waals surface area contributed by atoms with Gasteiger partial charge >= 0.3 is 0 Å². The number of halogens is 1. The Hall–Kier alpha value is -0.630. The van der Waals surface area contributed by atoms with Crippen molar-refractivity contribution in [1.82, 2.24) is 19.2 Å². The number of nitrogens with zero attached hydrogens (tertiary/aromatic N) is 3. The highest BCUT2D eigenvalue weighted by atomic mass is 35.5. The third-order valence-corrected chi connectivity index (χ3v) is 4.54. The van der Waals surface area contributed by atoms with Crippen LogP contribution < -0.4 is 5.32 Å². The highest BCUT2D eigenvalue weighted by Crippen LogP contribution is 2.14. The number of imidazole rings is 1. The van der Waals surface area contributed by atoms with E-state index in [1.165, 1.54) is 4.31 Å². The Labute approximate surface area is 107 Å². The molecule has 2 rings (SSSR count). The zero-order valence-electron chi connectivity index (χ0n) is 9.88. The quantitative estimate of drug-likeness (QED) is 0.811. The molecule has 0 aromatic carbocycles. The third kappa shape index (κ3) is 2.79. The van der Waals surface area contributed by atoms with Crippen LogP contribution in [-0.2, 0) is 17.1 Å². The average Bonchev–Trinajstić information content (AvgIpc) is 2.61. The molecular weight excluding hydrogens is 264 g/mol. The molecule has 0 amide bonds. The lowest BCUT2D eigenvalue weighted by Crippen LogP contribution is -2.46. The first-order valence-electron chi connectivity index (χ1n) is 5.22. The molecule has 0 aliphatic carbocycles. The van der Waals surface area contributed by atoms with E-state index < -0.39 is 10.0 Å². The zero-order valence-corrected chi connectivity index (χ0v) is 11.5. The minimum absolute atomic E-state index is 0.